The summed E-state index contributed by atoms with van der Waals surface area (Å²) < 4.78 is 5.23. The second-order valence-corrected chi connectivity index (χ2v) is 5.92. The van der Waals surface area contributed by atoms with Crippen molar-refractivity contribution in [2.24, 2.45) is 5.92 Å². The van der Waals surface area contributed by atoms with Gasteiger partial charge in [-0.2, -0.15) is 0 Å². The van der Waals surface area contributed by atoms with Crippen molar-refractivity contribution >= 4 is 17.4 Å². The first-order valence-corrected chi connectivity index (χ1v) is 8.02. The standard InChI is InChI=1S/C21H21NO3/c1-5-20(23)22(14-16-9-7-6-8-10-16)19-12-11-17(25-4)13-18(19)21(24)15(2)3/h1,6-13,15H,14H2,2-4H3. The van der Waals surface area contributed by atoms with E-state index in [1.165, 1.54) is 12.0 Å². The van der Waals surface area contributed by atoms with Crippen molar-refractivity contribution in [3.63, 3.8) is 0 Å². The lowest BCUT2D eigenvalue weighted by molar-refractivity contribution is -0.113. The van der Waals surface area contributed by atoms with Gasteiger partial charge in [-0.1, -0.05) is 44.2 Å². The first-order valence-electron chi connectivity index (χ1n) is 8.02. The summed E-state index contributed by atoms with van der Waals surface area (Å²) in [5, 5.41) is 0. The van der Waals surface area contributed by atoms with Crippen LogP contribution in [-0.2, 0) is 11.3 Å². The quantitative estimate of drug-likeness (QED) is 0.597. The zero-order chi connectivity index (χ0) is 18.4. The lowest BCUT2D eigenvalue weighted by Gasteiger charge is -2.24. The fourth-order valence-electron chi connectivity index (χ4n) is 2.50. The Kier molecular flexibility index (Phi) is 5.97. The number of amides is 1. The maximum atomic E-state index is 12.7. The number of anilines is 1. The first kappa shape index (κ1) is 18.3. The second-order valence-electron chi connectivity index (χ2n) is 5.92. The minimum absolute atomic E-state index is 0.0724. The molecular formula is C21H21NO3. The van der Waals surface area contributed by atoms with Crippen LogP contribution in [0.1, 0.15) is 29.8 Å². The maximum Gasteiger partial charge on any atom is 0.302 e. The molecule has 0 heterocycles. The van der Waals surface area contributed by atoms with Crippen molar-refractivity contribution in [3.05, 3.63) is 59.7 Å². The topological polar surface area (TPSA) is 46.6 Å². The summed E-state index contributed by atoms with van der Waals surface area (Å²) >= 11 is 0. The molecule has 1 amide bonds. The molecule has 0 saturated heterocycles. The van der Waals surface area contributed by atoms with Crippen LogP contribution in [0.25, 0.3) is 0 Å². The van der Waals surface area contributed by atoms with Gasteiger partial charge in [0.15, 0.2) is 5.78 Å². The Balaban J connectivity index is 2.54. The monoisotopic (exact) mass is 335 g/mol. The van der Waals surface area contributed by atoms with Crippen molar-refractivity contribution in [2.45, 2.75) is 20.4 Å². The smallest absolute Gasteiger partial charge is 0.302 e. The number of benzene rings is 2. The van der Waals surface area contributed by atoms with Crippen molar-refractivity contribution in [2.75, 3.05) is 12.0 Å². The molecule has 0 aliphatic heterocycles. The number of Topliss-reactive ketones (excluding diaryl/α,β-unsaturated/α-hetero) is 1. The highest BCUT2D eigenvalue weighted by Crippen LogP contribution is 2.29. The molecule has 0 aliphatic carbocycles. The molecule has 0 aliphatic rings. The van der Waals surface area contributed by atoms with Crippen LogP contribution in [-0.4, -0.2) is 18.8 Å². The predicted molar refractivity (Wildman–Crippen MR) is 98.6 cm³/mol. The molecule has 0 atom stereocenters. The van der Waals surface area contributed by atoms with Crippen LogP contribution in [0, 0.1) is 18.3 Å². The highest BCUT2D eigenvalue weighted by atomic mass is 16.5. The van der Waals surface area contributed by atoms with Crippen LogP contribution in [0.5, 0.6) is 5.75 Å². The van der Waals surface area contributed by atoms with Crippen LogP contribution in [0.4, 0.5) is 5.69 Å². The van der Waals surface area contributed by atoms with Crippen molar-refractivity contribution in [1.82, 2.24) is 0 Å². The predicted octanol–water partition coefficient (Wildman–Crippen LogP) is 3.70. The van der Waals surface area contributed by atoms with Gasteiger partial charge in [-0.15, -0.1) is 6.42 Å². The molecule has 0 saturated carbocycles. The first-order chi connectivity index (χ1) is 12.0. The Morgan fingerprint density at radius 3 is 2.40 bits per heavy atom. The fraction of sp³-hybridized carbons (Fsp3) is 0.238. The van der Waals surface area contributed by atoms with Crippen LogP contribution in [0.2, 0.25) is 0 Å². The van der Waals surface area contributed by atoms with E-state index in [9.17, 15) is 9.59 Å². The average molecular weight is 335 g/mol. The number of terminal acetylenes is 1. The summed E-state index contributed by atoms with van der Waals surface area (Å²) in [6.07, 6.45) is 5.36. The van der Waals surface area contributed by atoms with Gasteiger partial charge in [0, 0.05) is 11.5 Å². The summed E-state index contributed by atoms with van der Waals surface area (Å²) in [6.45, 7) is 3.92. The molecule has 2 rings (SSSR count). The largest absolute Gasteiger partial charge is 0.497 e. The molecule has 2 aromatic rings. The third kappa shape index (κ3) is 4.27. The Labute approximate surface area is 148 Å². The number of carbonyl (C=O) groups is 2. The summed E-state index contributed by atoms with van der Waals surface area (Å²) in [4.78, 5) is 26.5. The molecule has 25 heavy (non-hydrogen) atoms. The van der Waals surface area contributed by atoms with Crippen LogP contribution in [0.3, 0.4) is 0 Å². The number of ketones is 1. The van der Waals surface area contributed by atoms with E-state index >= 15 is 0 Å². The van der Waals surface area contributed by atoms with Gasteiger partial charge < -0.3 is 4.74 Å². The van der Waals surface area contributed by atoms with Gasteiger partial charge in [0.2, 0.25) is 0 Å². The molecule has 4 nitrogen and oxygen atoms in total. The highest BCUT2D eigenvalue weighted by Gasteiger charge is 2.23. The number of nitrogens with zero attached hydrogens (tertiary/aromatic N) is 1. The van der Waals surface area contributed by atoms with Gasteiger partial charge in [0.05, 0.1) is 19.3 Å². The second kappa shape index (κ2) is 8.16. The lowest BCUT2D eigenvalue weighted by atomic mass is 9.98. The van der Waals surface area contributed by atoms with E-state index in [-0.39, 0.29) is 18.2 Å². The van der Waals surface area contributed by atoms with E-state index in [0.717, 1.165) is 5.56 Å². The molecule has 0 aromatic heterocycles. The van der Waals surface area contributed by atoms with Crippen molar-refractivity contribution < 1.29 is 14.3 Å². The third-order valence-corrected chi connectivity index (χ3v) is 3.84. The maximum absolute atomic E-state index is 12.7. The summed E-state index contributed by atoms with van der Waals surface area (Å²) in [7, 11) is 1.53. The number of methoxy groups -OCH3 is 1. The summed E-state index contributed by atoms with van der Waals surface area (Å²) in [5.41, 5.74) is 1.84. The summed E-state index contributed by atoms with van der Waals surface area (Å²) in [5.74, 6) is 1.92. The summed E-state index contributed by atoms with van der Waals surface area (Å²) in [6, 6.07) is 14.6. The van der Waals surface area contributed by atoms with Gasteiger partial charge in [-0.05, 0) is 29.7 Å². The Morgan fingerprint density at radius 1 is 1.16 bits per heavy atom. The van der Waals surface area contributed by atoms with Gasteiger partial charge in [0.1, 0.15) is 5.75 Å². The number of carbonyl (C=O) groups excluding carboxylic acids is 2. The van der Waals surface area contributed by atoms with Gasteiger partial charge in [-0.25, -0.2) is 0 Å². The van der Waals surface area contributed by atoms with E-state index in [4.69, 9.17) is 11.2 Å². The van der Waals surface area contributed by atoms with Crippen molar-refractivity contribution in [1.29, 1.82) is 0 Å². The number of hydrogen-bond acceptors (Lipinski definition) is 3. The molecule has 0 N–H and O–H groups in total. The van der Waals surface area contributed by atoms with E-state index in [0.29, 0.717) is 17.0 Å². The Hall–Kier alpha value is -3.06. The molecule has 0 radical (unpaired) electrons. The molecule has 128 valence electrons. The van der Waals surface area contributed by atoms with Gasteiger partial charge >= 0.3 is 5.91 Å². The third-order valence-electron chi connectivity index (χ3n) is 3.84. The van der Waals surface area contributed by atoms with E-state index in [1.54, 1.807) is 18.2 Å². The Morgan fingerprint density at radius 2 is 1.84 bits per heavy atom. The minimum atomic E-state index is -0.494. The number of hydrogen-bond donors (Lipinski definition) is 0. The molecule has 0 spiro atoms. The van der Waals surface area contributed by atoms with E-state index < -0.39 is 5.91 Å². The average Bonchev–Trinajstić information content (AvgIpc) is 2.65. The zero-order valence-electron chi connectivity index (χ0n) is 14.7. The van der Waals surface area contributed by atoms with Gasteiger partial charge in [0.25, 0.3) is 0 Å². The Bertz CT molecular complexity index is 804. The van der Waals surface area contributed by atoms with E-state index in [2.05, 4.69) is 5.92 Å². The molecular weight excluding hydrogens is 314 g/mol. The highest BCUT2D eigenvalue weighted by molar-refractivity contribution is 6.11. The number of rotatable bonds is 6. The van der Waals surface area contributed by atoms with Crippen molar-refractivity contribution in [3.8, 4) is 18.1 Å². The van der Waals surface area contributed by atoms with Crippen LogP contribution in [0.15, 0.2) is 48.5 Å². The normalized spacial score (nSPS) is 10.2. The molecule has 2 aromatic carbocycles. The number of ether oxygens (including phenoxy) is 1. The fourth-order valence-corrected chi connectivity index (χ4v) is 2.50. The SMILES string of the molecule is C#CC(=O)N(Cc1ccccc1)c1ccc(OC)cc1C(=O)C(C)C. The van der Waals surface area contributed by atoms with Gasteiger partial charge in [-0.3, -0.25) is 14.5 Å². The molecule has 4 heteroatoms. The van der Waals surface area contributed by atoms with Crippen LogP contribution < -0.4 is 9.64 Å². The zero-order valence-corrected chi connectivity index (χ0v) is 14.7. The molecule has 0 bridgehead atoms. The lowest BCUT2D eigenvalue weighted by Crippen LogP contribution is -2.31. The molecule has 0 unspecified atom stereocenters. The molecule has 0 fully saturated rings. The van der Waals surface area contributed by atoms with Crippen LogP contribution >= 0.6 is 0 Å². The van der Waals surface area contributed by atoms with E-state index in [1.807, 2.05) is 44.2 Å². The minimum Gasteiger partial charge on any atom is -0.497 e.